The Hall–Kier alpha value is -6.65. The lowest BCUT2D eigenvalue weighted by Crippen LogP contribution is -2.09. The summed E-state index contributed by atoms with van der Waals surface area (Å²) in [7, 11) is 0. The number of rotatable bonds is 5. The van der Waals surface area contributed by atoms with E-state index in [1.165, 1.54) is 0 Å². The lowest BCUT2D eigenvalue weighted by molar-refractivity contribution is 0.623. The molecule has 49 heavy (non-hydrogen) atoms. The molecule has 230 valence electrons. The highest BCUT2D eigenvalue weighted by Crippen LogP contribution is 2.40. The summed E-state index contributed by atoms with van der Waals surface area (Å²) >= 11 is 0. The van der Waals surface area contributed by atoms with Gasteiger partial charge in [0.2, 0.25) is 5.89 Å². The molecule has 2 heterocycles. The van der Waals surface area contributed by atoms with Gasteiger partial charge < -0.3 is 13.7 Å². The molecule has 0 aliphatic heterocycles. The number of oxazole rings is 1. The zero-order valence-electron chi connectivity index (χ0n) is 26.4. The molecule has 10 aromatic rings. The van der Waals surface area contributed by atoms with Gasteiger partial charge in [0.05, 0.1) is 0 Å². The molecular formula is C45H28N2O2. The predicted octanol–water partition coefficient (Wildman–Crippen LogP) is 12.8. The van der Waals surface area contributed by atoms with Gasteiger partial charge in [0.1, 0.15) is 16.7 Å². The average Bonchev–Trinajstić information content (AvgIpc) is 3.77. The van der Waals surface area contributed by atoms with Crippen LogP contribution in [-0.4, -0.2) is 4.98 Å². The Balaban J connectivity index is 1.07. The van der Waals surface area contributed by atoms with Crippen LogP contribution in [0.5, 0.6) is 0 Å². The number of benzene rings is 8. The van der Waals surface area contributed by atoms with Gasteiger partial charge in [-0.3, -0.25) is 0 Å². The van der Waals surface area contributed by atoms with Crippen molar-refractivity contribution in [1.82, 2.24) is 4.98 Å². The standard InChI is InChI=1S/C45H28N2O2/c1-3-9-32(10-4-1)45-46-40-26-21-31-17-15-30-16-18-33(27-39(30)43(31)44(40)49-45)29-19-22-35(23-20-29)47(34-11-5-2-6-12-34)36-24-25-38-37-13-7-8-14-41(37)48-42(38)28-36/h1-28H. The third kappa shape index (κ3) is 4.57. The maximum Gasteiger partial charge on any atom is 0.227 e. The van der Waals surface area contributed by atoms with Crippen molar-refractivity contribution in [3.05, 3.63) is 170 Å². The smallest absolute Gasteiger partial charge is 0.227 e. The summed E-state index contributed by atoms with van der Waals surface area (Å²) in [5.41, 5.74) is 9.86. The molecule has 0 aliphatic rings. The second-order valence-electron chi connectivity index (χ2n) is 12.4. The quantitative estimate of drug-likeness (QED) is 0.178. The molecule has 10 rings (SSSR count). The number of fused-ring (bicyclic) bond motifs is 8. The number of para-hydroxylation sites is 2. The molecule has 0 N–H and O–H groups in total. The van der Waals surface area contributed by atoms with Crippen LogP contribution in [0.15, 0.2) is 179 Å². The minimum Gasteiger partial charge on any atom is -0.456 e. The van der Waals surface area contributed by atoms with Gasteiger partial charge in [-0.25, -0.2) is 4.98 Å². The number of aromatic nitrogens is 1. The molecular weight excluding hydrogens is 601 g/mol. The van der Waals surface area contributed by atoms with Crippen molar-refractivity contribution < 1.29 is 8.83 Å². The minimum atomic E-state index is 0.634. The van der Waals surface area contributed by atoms with Gasteiger partial charge in [-0.1, -0.05) is 97.1 Å². The topological polar surface area (TPSA) is 42.4 Å². The molecule has 4 heteroatoms. The first kappa shape index (κ1) is 27.5. The second kappa shape index (κ2) is 11.0. The maximum atomic E-state index is 6.47. The molecule has 0 spiro atoms. The van der Waals surface area contributed by atoms with E-state index < -0.39 is 0 Å². The number of furan rings is 1. The summed E-state index contributed by atoms with van der Waals surface area (Å²) in [6, 6.07) is 59.2. The first-order valence-corrected chi connectivity index (χ1v) is 16.5. The van der Waals surface area contributed by atoms with Crippen LogP contribution in [0.1, 0.15) is 0 Å². The molecule has 0 unspecified atom stereocenters. The summed E-state index contributed by atoms with van der Waals surface area (Å²) in [6.07, 6.45) is 0. The Bertz CT molecular complexity index is 2820. The van der Waals surface area contributed by atoms with Gasteiger partial charge in [-0.05, 0) is 94.0 Å². The number of anilines is 3. The molecule has 0 atom stereocenters. The highest BCUT2D eigenvalue weighted by atomic mass is 16.3. The van der Waals surface area contributed by atoms with Crippen LogP contribution >= 0.6 is 0 Å². The summed E-state index contributed by atoms with van der Waals surface area (Å²) in [4.78, 5) is 7.12. The van der Waals surface area contributed by atoms with Crippen LogP contribution in [-0.2, 0) is 0 Å². The summed E-state index contributed by atoms with van der Waals surface area (Å²) < 4.78 is 12.7. The van der Waals surface area contributed by atoms with Crippen LogP contribution in [0.3, 0.4) is 0 Å². The van der Waals surface area contributed by atoms with E-state index in [2.05, 4.69) is 120 Å². The summed E-state index contributed by atoms with van der Waals surface area (Å²) in [5.74, 6) is 0.634. The lowest BCUT2D eigenvalue weighted by atomic mass is 9.96. The molecule has 4 nitrogen and oxygen atoms in total. The van der Waals surface area contributed by atoms with E-state index in [9.17, 15) is 0 Å². The Labute approximate surface area is 282 Å². The van der Waals surface area contributed by atoms with Gasteiger partial charge in [0.25, 0.3) is 0 Å². The van der Waals surface area contributed by atoms with Gasteiger partial charge in [0.15, 0.2) is 5.58 Å². The average molecular weight is 629 g/mol. The van der Waals surface area contributed by atoms with Gasteiger partial charge >= 0.3 is 0 Å². The van der Waals surface area contributed by atoms with Crippen molar-refractivity contribution in [1.29, 1.82) is 0 Å². The van der Waals surface area contributed by atoms with Crippen molar-refractivity contribution in [2.24, 2.45) is 0 Å². The Morgan fingerprint density at radius 3 is 1.92 bits per heavy atom. The molecule has 0 bridgehead atoms. The molecule has 0 amide bonds. The minimum absolute atomic E-state index is 0.634. The third-order valence-electron chi connectivity index (χ3n) is 9.47. The summed E-state index contributed by atoms with van der Waals surface area (Å²) in [5, 5.41) is 6.76. The zero-order valence-corrected chi connectivity index (χ0v) is 26.4. The first-order chi connectivity index (χ1) is 24.3. The molecule has 0 saturated heterocycles. The van der Waals surface area contributed by atoms with E-state index >= 15 is 0 Å². The van der Waals surface area contributed by atoms with E-state index in [1.54, 1.807) is 0 Å². The Morgan fingerprint density at radius 1 is 0.408 bits per heavy atom. The molecule has 0 fully saturated rings. The maximum absolute atomic E-state index is 6.47. The van der Waals surface area contributed by atoms with Gasteiger partial charge in [0, 0.05) is 44.9 Å². The molecule has 0 aliphatic carbocycles. The van der Waals surface area contributed by atoms with E-state index in [-0.39, 0.29) is 0 Å². The Kier molecular flexibility index (Phi) is 6.15. The SMILES string of the molecule is c1ccc(-c2nc3ccc4ccc5ccc(-c6ccc(N(c7ccccc7)c7ccc8c(c7)oc7ccccc78)cc6)cc5c4c3o2)cc1. The van der Waals surface area contributed by atoms with E-state index in [0.29, 0.717) is 5.89 Å². The first-order valence-electron chi connectivity index (χ1n) is 16.5. The van der Waals surface area contributed by atoms with E-state index in [1.807, 2.05) is 54.6 Å². The normalized spacial score (nSPS) is 11.7. The monoisotopic (exact) mass is 628 g/mol. The van der Waals surface area contributed by atoms with Gasteiger partial charge in [-0.15, -0.1) is 0 Å². The third-order valence-corrected chi connectivity index (χ3v) is 9.47. The number of nitrogens with zero attached hydrogens (tertiary/aromatic N) is 2. The predicted molar refractivity (Wildman–Crippen MR) is 202 cm³/mol. The lowest BCUT2D eigenvalue weighted by Gasteiger charge is -2.25. The summed E-state index contributed by atoms with van der Waals surface area (Å²) in [6.45, 7) is 0. The number of hydrogen-bond donors (Lipinski definition) is 0. The van der Waals surface area contributed by atoms with Crippen LogP contribution in [0, 0.1) is 0 Å². The fourth-order valence-corrected chi connectivity index (χ4v) is 7.09. The molecule has 2 aromatic heterocycles. The zero-order chi connectivity index (χ0) is 32.3. The van der Waals surface area contributed by atoms with Crippen LogP contribution < -0.4 is 4.90 Å². The molecule has 8 aromatic carbocycles. The van der Waals surface area contributed by atoms with Crippen molar-refractivity contribution in [3.8, 4) is 22.6 Å². The Morgan fingerprint density at radius 2 is 1.06 bits per heavy atom. The van der Waals surface area contributed by atoms with Crippen molar-refractivity contribution in [2.75, 3.05) is 4.90 Å². The second-order valence-corrected chi connectivity index (χ2v) is 12.4. The fourth-order valence-electron chi connectivity index (χ4n) is 7.09. The van der Waals surface area contributed by atoms with Crippen LogP contribution in [0.2, 0.25) is 0 Å². The van der Waals surface area contributed by atoms with E-state index in [0.717, 1.165) is 88.3 Å². The van der Waals surface area contributed by atoms with Crippen molar-refractivity contribution in [3.63, 3.8) is 0 Å². The fraction of sp³-hybridized carbons (Fsp3) is 0. The largest absolute Gasteiger partial charge is 0.456 e. The van der Waals surface area contributed by atoms with Crippen molar-refractivity contribution >= 4 is 71.6 Å². The number of hydrogen-bond acceptors (Lipinski definition) is 4. The highest BCUT2D eigenvalue weighted by Gasteiger charge is 2.17. The van der Waals surface area contributed by atoms with Crippen molar-refractivity contribution in [2.45, 2.75) is 0 Å². The van der Waals surface area contributed by atoms with Crippen LogP contribution in [0.25, 0.3) is 77.2 Å². The van der Waals surface area contributed by atoms with Crippen LogP contribution in [0.4, 0.5) is 17.1 Å². The molecule has 0 saturated carbocycles. The molecule has 0 radical (unpaired) electrons. The highest BCUT2D eigenvalue weighted by molar-refractivity contribution is 6.18. The van der Waals surface area contributed by atoms with Gasteiger partial charge in [-0.2, -0.15) is 0 Å². The van der Waals surface area contributed by atoms with E-state index in [4.69, 9.17) is 13.8 Å².